The molecule has 0 nitrogen and oxygen atoms in total. The monoisotopic (exact) mass is 62.0 g/mol. The molecule has 0 aromatic rings. The van der Waals surface area contributed by atoms with E-state index in [0.29, 0.717) is 0 Å². The van der Waals surface area contributed by atoms with Crippen LogP contribution in [0.15, 0.2) is 0 Å². The first-order valence-electron chi connectivity index (χ1n) is 1.03. The van der Waals surface area contributed by atoms with Crippen LogP contribution in [0, 0.1) is 0 Å². The lowest BCUT2D eigenvalue weighted by atomic mass is 9.70. The van der Waals surface area contributed by atoms with E-state index in [1.54, 1.807) is 0 Å². The molecule has 0 aromatic carbocycles. The van der Waals surface area contributed by atoms with Gasteiger partial charge in [-0.05, 0) is 0 Å². The molecule has 0 unspecified atom stereocenters. The Labute approximate surface area is 24.8 Å². The van der Waals surface area contributed by atoms with Crippen molar-refractivity contribution >= 4 is 14.9 Å². The third kappa shape index (κ3) is 1.99. The molecule has 0 amide bonds. The van der Waals surface area contributed by atoms with E-state index in [2.05, 4.69) is 0 Å². The fraction of sp³-hybridized carbons (Fsp3) is 0. The average molecular weight is 61.6 g/mol. The largest absolute Gasteiger partial charge is 0.348 e. The Kier molecular flexibility index (Phi) is 2.98. The topological polar surface area (TPSA) is 0 Å². The summed E-state index contributed by atoms with van der Waals surface area (Å²) in [7, 11) is -1.69. The van der Waals surface area contributed by atoms with E-state index in [-0.39, 0.29) is 0 Å². The van der Waals surface area contributed by atoms with Crippen LogP contribution >= 0.6 is 0 Å². The molecule has 4 heavy (non-hydrogen) atoms. The number of rotatable bonds is 1. The van der Waals surface area contributed by atoms with E-state index in [0.717, 1.165) is 0 Å². The quantitative estimate of drug-likeness (QED) is 0.360. The highest BCUT2D eigenvalue weighted by atomic mass is 19.1. The van der Waals surface area contributed by atoms with Crippen LogP contribution in [0.3, 0.4) is 0 Å². The van der Waals surface area contributed by atoms with Gasteiger partial charge in [0.2, 0.25) is 0 Å². The lowest BCUT2D eigenvalue weighted by Crippen LogP contribution is -1.83. The molecule has 22 valence electrons. The van der Waals surface area contributed by atoms with Crippen LogP contribution in [-0.2, 0) is 0 Å². The summed E-state index contributed by atoms with van der Waals surface area (Å²) in [4.78, 5) is 0. The number of hydrogen-bond donors (Lipinski definition) is 0. The summed E-state index contributed by atoms with van der Waals surface area (Å²) in [5, 5.41) is 0. The molecule has 0 saturated heterocycles. The summed E-state index contributed by atoms with van der Waals surface area (Å²) >= 11 is 0. The maximum Gasteiger partial charge on any atom is 0.333 e. The van der Waals surface area contributed by atoms with Crippen LogP contribution in [0.4, 0.5) is 8.63 Å². The van der Waals surface area contributed by atoms with Crippen molar-refractivity contribution < 1.29 is 8.63 Å². The fourth-order valence-electron chi connectivity index (χ4n) is 0. The summed E-state index contributed by atoms with van der Waals surface area (Å²) in [5.41, 5.74) is 0. The zero-order valence-electron chi connectivity index (χ0n) is 2.17. The van der Waals surface area contributed by atoms with Crippen molar-refractivity contribution in [2.45, 2.75) is 0 Å². The molecule has 0 aliphatic heterocycles. The fourth-order valence-corrected chi connectivity index (χ4v) is 0. The molecule has 0 fully saturated rings. The minimum Gasteiger partial charge on any atom is -0.348 e. The van der Waals surface area contributed by atoms with Crippen LogP contribution < -0.4 is 0 Å². The third-order valence-electron chi connectivity index (χ3n) is 0.0714. The van der Waals surface area contributed by atoms with Gasteiger partial charge in [0.25, 0.3) is 0 Å². The molecule has 0 aliphatic rings. The van der Waals surface area contributed by atoms with Crippen LogP contribution in [-0.4, -0.2) is 14.9 Å². The van der Waals surface area contributed by atoms with Gasteiger partial charge in [0.05, 0.1) is 0 Å². The van der Waals surface area contributed by atoms with Crippen LogP contribution in [0.25, 0.3) is 0 Å². The van der Waals surface area contributed by atoms with Gasteiger partial charge < -0.3 is 8.63 Å². The number of halogens is 2. The molecule has 0 aromatic heterocycles. The van der Waals surface area contributed by atoms with E-state index in [1.165, 1.54) is 0 Å². The first-order valence-corrected chi connectivity index (χ1v) is 1.03. The highest BCUT2D eigenvalue weighted by Gasteiger charge is 1.80. The Hall–Kier alpha value is -0.0101. The molecular weight excluding hydrogens is 59.6 g/mol. The molecule has 0 N–H and O–H groups in total. The molecule has 0 spiro atoms. The average Bonchev–Trinajstić information content (AvgIpc) is 1.37. The van der Waals surface area contributed by atoms with Crippen molar-refractivity contribution in [3.05, 3.63) is 0 Å². The van der Waals surface area contributed by atoms with Crippen LogP contribution in [0.2, 0.25) is 0 Å². The van der Waals surface area contributed by atoms with Gasteiger partial charge in [0.1, 0.15) is 0 Å². The van der Waals surface area contributed by atoms with Crippen molar-refractivity contribution in [1.29, 1.82) is 0 Å². The second-order valence-corrected chi connectivity index (χ2v) is 0.378. The number of hydrogen-bond acceptors (Lipinski definition) is 0. The van der Waals surface area contributed by atoms with Crippen molar-refractivity contribution in [3.63, 3.8) is 0 Å². The van der Waals surface area contributed by atoms with Crippen LogP contribution in [0.1, 0.15) is 0 Å². The normalized spacial score (nSPS) is 5.50. The SMILES string of the molecule is FBBF. The Morgan fingerprint density at radius 3 is 1.25 bits per heavy atom. The van der Waals surface area contributed by atoms with E-state index in [4.69, 9.17) is 0 Å². The third-order valence-corrected chi connectivity index (χ3v) is 0.0714. The Morgan fingerprint density at radius 1 is 1.00 bits per heavy atom. The van der Waals surface area contributed by atoms with Gasteiger partial charge in [0, 0.05) is 0 Å². The van der Waals surface area contributed by atoms with Gasteiger partial charge in [-0.3, -0.25) is 0 Å². The Morgan fingerprint density at radius 2 is 1.25 bits per heavy atom. The standard InChI is InChI=1S/B2F2H2/c3-1-2-4/h1-2H. The van der Waals surface area contributed by atoms with Gasteiger partial charge in [-0.1, -0.05) is 0 Å². The second-order valence-electron chi connectivity index (χ2n) is 0.378. The van der Waals surface area contributed by atoms with Gasteiger partial charge in [-0.25, -0.2) is 0 Å². The maximum atomic E-state index is 10.3. The van der Waals surface area contributed by atoms with Gasteiger partial charge in [-0.2, -0.15) is 0 Å². The molecule has 0 aliphatic carbocycles. The molecule has 0 atom stereocenters. The molecular formula is H2B2F2. The van der Waals surface area contributed by atoms with Crippen molar-refractivity contribution in [2.24, 2.45) is 0 Å². The first kappa shape index (κ1) is 3.99. The first-order chi connectivity index (χ1) is 1.91. The predicted molar refractivity (Wildman–Crippen MR) is 16.5 cm³/mol. The van der Waals surface area contributed by atoms with Gasteiger partial charge in [-0.15, -0.1) is 0 Å². The van der Waals surface area contributed by atoms with E-state index < -0.39 is 14.9 Å². The highest BCUT2D eigenvalue weighted by Crippen LogP contribution is 1.53. The molecule has 0 radical (unpaired) electrons. The molecule has 0 heterocycles. The molecule has 0 saturated carbocycles. The lowest BCUT2D eigenvalue weighted by Gasteiger charge is -1.52. The summed E-state index contributed by atoms with van der Waals surface area (Å²) in [6.45, 7) is 0. The van der Waals surface area contributed by atoms with E-state index in [1.807, 2.05) is 0 Å². The minimum absolute atomic E-state index is 0.847. The zero-order valence-corrected chi connectivity index (χ0v) is 2.17. The summed E-state index contributed by atoms with van der Waals surface area (Å²) in [5.74, 6) is 0. The summed E-state index contributed by atoms with van der Waals surface area (Å²) < 4.78 is 20.7. The summed E-state index contributed by atoms with van der Waals surface area (Å²) in [6, 6.07) is 0. The Balaban J connectivity index is 1.97. The van der Waals surface area contributed by atoms with E-state index >= 15 is 0 Å². The summed E-state index contributed by atoms with van der Waals surface area (Å²) in [6.07, 6.45) is 0. The maximum absolute atomic E-state index is 10.3. The van der Waals surface area contributed by atoms with Crippen LogP contribution in [0.5, 0.6) is 0 Å². The minimum atomic E-state index is -0.847. The van der Waals surface area contributed by atoms with Gasteiger partial charge in [0.15, 0.2) is 0 Å². The lowest BCUT2D eigenvalue weighted by molar-refractivity contribution is 0.851. The van der Waals surface area contributed by atoms with Crippen molar-refractivity contribution in [3.8, 4) is 0 Å². The molecule has 0 rings (SSSR count). The highest BCUT2D eigenvalue weighted by molar-refractivity contribution is 6.93. The smallest absolute Gasteiger partial charge is 0.333 e. The zero-order chi connectivity index (χ0) is 3.41. The molecule has 0 bridgehead atoms. The Bertz CT molecular complexity index is 6.00. The van der Waals surface area contributed by atoms with Gasteiger partial charge >= 0.3 is 14.9 Å². The van der Waals surface area contributed by atoms with Crippen molar-refractivity contribution in [1.82, 2.24) is 0 Å². The predicted octanol–water partition coefficient (Wildman–Crippen LogP) is -0.457. The second kappa shape index (κ2) is 2.99. The van der Waals surface area contributed by atoms with Crippen molar-refractivity contribution in [2.75, 3.05) is 0 Å². The van der Waals surface area contributed by atoms with E-state index in [9.17, 15) is 8.63 Å². The molecule has 4 heteroatoms.